The van der Waals surface area contributed by atoms with Gasteiger partial charge in [-0.3, -0.25) is 14.3 Å². The van der Waals surface area contributed by atoms with Gasteiger partial charge in [-0.05, 0) is 24.8 Å². The van der Waals surface area contributed by atoms with Crippen LogP contribution in [0.5, 0.6) is 0 Å². The van der Waals surface area contributed by atoms with E-state index in [1.54, 1.807) is 22.7 Å². The predicted molar refractivity (Wildman–Crippen MR) is 73.6 cm³/mol. The Morgan fingerprint density at radius 1 is 1.45 bits per heavy atom. The van der Waals surface area contributed by atoms with Crippen molar-refractivity contribution in [3.8, 4) is 0 Å². The Kier molecular flexibility index (Phi) is 4.11. The number of carbonyl (C=O) groups excluding carboxylic acids is 1. The Labute approximate surface area is 118 Å². The molecular formula is C14H21N3O3. The summed E-state index contributed by atoms with van der Waals surface area (Å²) >= 11 is 0. The lowest BCUT2D eigenvalue weighted by Gasteiger charge is -2.30. The molecule has 6 nitrogen and oxygen atoms in total. The molecule has 1 aromatic heterocycles. The number of hydrogen-bond donors (Lipinski definition) is 1. The van der Waals surface area contributed by atoms with E-state index >= 15 is 0 Å². The van der Waals surface area contributed by atoms with Crippen molar-refractivity contribution in [3.63, 3.8) is 0 Å². The van der Waals surface area contributed by atoms with Crippen molar-refractivity contribution in [3.05, 3.63) is 17.5 Å². The van der Waals surface area contributed by atoms with Crippen molar-refractivity contribution in [2.45, 2.75) is 32.6 Å². The van der Waals surface area contributed by atoms with Crippen LogP contribution in [0.3, 0.4) is 0 Å². The molecule has 110 valence electrons. The molecule has 1 amide bonds. The molecule has 0 unspecified atom stereocenters. The van der Waals surface area contributed by atoms with Crippen LogP contribution in [0.25, 0.3) is 0 Å². The fourth-order valence-electron chi connectivity index (χ4n) is 2.50. The Morgan fingerprint density at radius 3 is 2.70 bits per heavy atom. The van der Waals surface area contributed by atoms with Gasteiger partial charge in [0.05, 0.1) is 11.6 Å². The molecule has 1 atom stereocenters. The lowest BCUT2D eigenvalue weighted by atomic mass is 9.98. The largest absolute Gasteiger partial charge is 0.481 e. The highest BCUT2D eigenvalue weighted by molar-refractivity contribution is 5.93. The van der Waals surface area contributed by atoms with Crippen molar-refractivity contribution in [2.24, 2.45) is 13.0 Å². The van der Waals surface area contributed by atoms with Gasteiger partial charge in [0.25, 0.3) is 5.91 Å². The van der Waals surface area contributed by atoms with E-state index in [0.29, 0.717) is 18.7 Å². The molecule has 1 aliphatic heterocycles. The van der Waals surface area contributed by atoms with Gasteiger partial charge in [0, 0.05) is 20.1 Å². The lowest BCUT2D eigenvalue weighted by Crippen LogP contribution is -2.42. The smallest absolute Gasteiger partial charge is 0.308 e. The Hall–Kier alpha value is -1.85. The fraction of sp³-hybridized carbons (Fsp3) is 0.643. The summed E-state index contributed by atoms with van der Waals surface area (Å²) in [7, 11) is 1.75. The highest BCUT2D eigenvalue weighted by Crippen LogP contribution is 2.20. The topological polar surface area (TPSA) is 75.4 Å². The summed E-state index contributed by atoms with van der Waals surface area (Å²) in [5, 5.41) is 13.4. The molecule has 0 radical (unpaired) electrons. The molecule has 2 heterocycles. The summed E-state index contributed by atoms with van der Waals surface area (Å²) in [4.78, 5) is 25.2. The Morgan fingerprint density at radius 2 is 2.15 bits per heavy atom. The second-order valence-electron chi connectivity index (χ2n) is 5.66. The minimum absolute atomic E-state index is 0.127. The predicted octanol–water partition coefficient (Wildman–Crippen LogP) is 1.48. The van der Waals surface area contributed by atoms with E-state index in [1.165, 1.54) is 0 Å². The maximum absolute atomic E-state index is 12.5. The number of aryl methyl sites for hydroxylation is 1. The normalized spacial score (nSPS) is 19.4. The standard InChI is InChI=1S/C14H21N3O3/c1-9(2)11-7-12(16(3)15-11)13(18)17-6-4-5-10(8-17)14(19)20/h7,9-10H,4-6,8H2,1-3H3,(H,19,20)/t10-/m1/s1. The minimum Gasteiger partial charge on any atom is -0.481 e. The molecule has 0 aromatic carbocycles. The number of carboxylic acid groups (broad SMARTS) is 1. The SMILES string of the molecule is CC(C)c1cc(C(=O)N2CCC[C@@H](C(=O)O)C2)n(C)n1. The zero-order valence-electron chi connectivity index (χ0n) is 12.2. The second kappa shape index (κ2) is 5.64. The Balaban J connectivity index is 2.16. The third-order valence-corrected chi connectivity index (χ3v) is 3.77. The zero-order chi connectivity index (χ0) is 14.9. The molecular weight excluding hydrogens is 258 g/mol. The fourth-order valence-corrected chi connectivity index (χ4v) is 2.50. The molecule has 1 N–H and O–H groups in total. The van der Waals surface area contributed by atoms with Crippen LogP contribution in [0.1, 0.15) is 48.8 Å². The van der Waals surface area contributed by atoms with Gasteiger partial charge in [-0.2, -0.15) is 5.10 Å². The molecule has 20 heavy (non-hydrogen) atoms. The number of aliphatic carboxylic acids is 1. The van der Waals surface area contributed by atoms with Crippen molar-refractivity contribution in [1.82, 2.24) is 14.7 Å². The third-order valence-electron chi connectivity index (χ3n) is 3.77. The number of piperidine rings is 1. The molecule has 0 bridgehead atoms. The average Bonchev–Trinajstić information content (AvgIpc) is 2.80. The lowest BCUT2D eigenvalue weighted by molar-refractivity contribution is -0.143. The van der Waals surface area contributed by atoms with E-state index in [2.05, 4.69) is 5.10 Å². The number of aromatic nitrogens is 2. The van der Waals surface area contributed by atoms with Gasteiger partial charge >= 0.3 is 5.97 Å². The molecule has 0 spiro atoms. The number of likely N-dealkylation sites (tertiary alicyclic amines) is 1. The monoisotopic (exact) mass is 279 g/mol. The van der Waals surface area contributed by atoms with Crippen LogP contribution in [0, 0.1) is 5.92 Å². The minimum atomic E-state index is -0.824. The second-order valence-corrected chi connectivity index (χ2v) is 5.66. The highest BCUT2D eigenvalue weighted by Gasteiger charge is 2.30. The van der Waals surface area contributed by atoms with Crippen LogP contribution >= 0.6 is 0 Å². The first-order valence-electron chi connectivity index (χ1n) is 6.96. The van der Waals surface area contributed by atoms with Gasteiger partial charge in [0.15, 0.2) is 0 Å². The van der Waals surface area contributed by atoms with E-state index in [-0.39, 0.29) is 18.4 Å². The van der Waals surface area contributed by atoms with Crippen LogP contribution in [0.2, 0.25) is 0 Å². The number of hydrogen-bond acceptors (Lipinski definition) is 3. The number of carbonyl (C=O) groups is 2. The van der Waals surface area contributed by atoms with E-state index in [9.17, 15) is 9.59 Å². The van der Waals surface area contributed by atoms with E-state index in [1.807, 2.05) is 13.8 Å². The van der Waals surface area contributed by atoms with Crippen LogP contribution in [0.15, 0.2) is 6.07 Å². The first kappa shape index (κ1) is 14.6. The summed E-state index contributed by atoms with van der Waals surface area (Å²) in [6, 6.07) is 1.80. The molecule has 1 fully saturated rings. The molecule has 1 aliphatic rings. The van der Waals surface area contributed by atoms with Crippen LogP contribution in [-0.2, 0) is 11.8 Å². The summed E-state index contributed by atoms with van der Waals surface area (Å²) < 4.78 is 1.59. The highest BCUT2D eigenvalue weighted by atomic mass is 16.4. The molecule has 1 aromatic rings. The first-order chi connectivity index (χ1) is 9.40. The van der Waals surface area contributed by atoms with E-state index in [4.69, 9.17) is 5.11 Å². The van der Waals surface area contributed by atoms with Crippen molar-refractivity contribution >= 4 is 11.9 Å². The average molecular weight is 279 g/mol. The van der Waals surface area contributed by atoms with Crippen molar-refractivity contribution in [1.29, 1.82) is 0 Å². The van der Waals surface area contributed by atoms with Gasteiger partial charge in [-0.1, -0.05) is 13.8 Å². The van der Waals surface area contributed by atoms with Gasteiger partial charge in [-0.15, -0.1) is 0 Å². The maximum atomic E-state index is 12.5. The van der Waals surface area contributed by atoms with Gasteiger partial charge in [0.1, 0.15) is 5.69 Å². The van der Waals surface area contributed by atoms with Crippen LogP contribution < -0.4 is 0 Å². The van der Waals surface area contributed by atoms with Gasteiger partial charge in [0.2, 0.25) is 0 Å². The molecule has 0 saturated carbocycles. The van der Waals surface area contributed by atoms with Crippen molar-refractivity contribution < 1.29 is 14.7 Å². The summed E-state index contributed by atoms with van der Waals surface area (Å²) in [6.45, 7) is 4.96. The molecule has 0 aliphatic carbocycles. The van der Waals surface area contributed by atoms with Gasteiger partial charge < -0.3 is 10.0 Å². The summed E-state index contributed by atoms with van der Waals surface area (Å²) in [5.41, 5.74) is 1.40. The first-order valence-corrected chi connectivity index (χ1v) is 6.96. The van der Waals surface area contributed by atoms with Crippen molar-refractivity contribution in [2.75, 3.05) is 13.1 Å². The van der Waals surface area contributed by atoms with E-state index < -0.39 is 11.9 Å². The van der Waals surface area contributed by atoms with Crippen LogP contribution in [-0.4, -0.2) is 44.8 Å². The number of amides is 1. The van der Waals surface area contributed by atoms with E-state index in [0.717, 1.165) is 12.1 Å². The maximum Gasteiger partial charge on any atom is 0.308 e. The number of rotatable bonds is 3. The zero-order valence-corrected chi connectivity index (χ0v) is 12.2. The molecule has 1 saturated heterocycles. The quantitative estimate of drug-likeness (QED) is 0.909. The summed E-state index contributed by atoms with van der Waals surface area (Å²) in [5.74, 6) is -1.14. The number of carboxylic acids is 1. The van der Waals surface area contributed by atoms with Gasteiger partial charge in [-0.25, -0.2) is 0 Å². The molecule has 6 heteroatoms. The molecule has 2 rings (SSSR count). The van der Waals surface area contributed by atoms with Crippen LogP contribution in [0.4, 0.5) is 0 Å². The Bertz CT molecular complexity index is 522. The number of nitrogens with zero attached hydrogens (tertiary/aromatic N) is 3. The summed E-state index contributed by atoms with van der Waals surface area (Å²) in [6.07, 6.45) is 1.37. The third kappa shape index (κ3) is 2.84.